The van der Waals surface area contributed by atoms with Crippen LogP contribution in [0.4, 0.5) is 11.8 Å². The molecule has 7 heteroatoms. The van der Waals surface area contributed by atoms with Gasteiger partial charge in [-0.2, -0.15) is 4.98 Å². The summed E-state index contributed by atoms with van der Waals surface area (Å²) in [6, 6.07) is 5.71. The molecule has 6 nitrogen and oxygen atoms in total. The number of rotatable bonds is 4. The Labute approximate surface area is 128 Å². The summed E-state index contributed by atoms with van der Waals surface area (Å²) >= 11 is 6.36. The molecule has 0 atom stereocenters. The molecule has 112 valence electrons. The van der Waals surface area contributed by atoms with E-state index in [-0.39, 0.29) is 0 Å². The predicted molar refractivity (Wildman–Crippen MR) is 85.1 cm³/mol. The highest BCUT2D eigenvalue weighted by molar-refractivity contribution is 6.36. The minimum absolute atomic E-state index is 0.532. The summed E-state index contributed by atoms with van der Waals surface area (Å²) in [4.78, 5) is 11.3. The van der Waals surface area contributed by atoms with E-state index < -0.39 is 0 Å². The second-order valence-electron chi connectivity index (χ2n) is 4.82. The van der Waals surface area contributed by atoms with Gasteiger partial charge < -0.3 is 20.7 Å². The molecule has 0 spiro atoms. The third kappa shape index (κ3) is 3.02. The highest BCUT2D eigenvalue weighted by atomic mass is 35.5. The average molecular weight is 308 g/mol. The Balaban J connectivity index is 2.08. The molecule has 3 rings (SSSR count). The summed E-state index contributed by atoms with van der Waals surface area (Å²) in [5, 5.41) is 4.69. The quantitative estimate of drug-likeness (QED) is 0.891. The molecular formula is C14H18ClN5O. The van der Waals surface area contributed by atoms with E-state index in [2.05, 4.69) is 20.2 Å². The van der Waals surface area contributed by atoms with Gasteiger partial charge in [-0.15, -0.1) is 0 Å². The number of hydrogen-bond donors (Lipinski definition) is 2. The van der Waals surface area contributed by atoms with Crippen LogP contribution in [-0.2, 0) is 4.74 Å². The fraction of sp³-hybridized carbons (Fsp3) is 0.429. The summed E-state index contributed by atoms with van der Waals surface area (Å²) in [7, 11) is 0. The van der Waals surface area contributed by atoms with Gasteiger partial charge in [0.15, 0.2) is 0 Å². The number of ether oxygens (including phenoxy) is 1. The number of hydrogen-bond acceptors (Lipinski definition) is 6. The smallest absolute Gasteiger partial charge is 0.225 e. The van der Waals surface area contributed by atoms with Crippen LogP contribution in [0.5, 0.6) is 0 Å². The van der Waals surface area contributed by atoms with Crippen molar-refractivity contribution in [1.82, 2.24) is 9.97 Å². The van der Waals surface area contributed by atoms with Crippen LogP contribution in [0.1, 0.15) is 0 Å². The summed E-state index contributed by atoms with van der Waals surface area (Å²) in [6.07, 6.45) is 0. The van der Waals surface area contributed by atoms with Crippen LogP contribution in [0.3, 0.4) is 0 Å². The van der Waals surface area contributed by atoms with Gasteiger partial charge in [-0.3, -0.25) is 0 Å². The maximum absolute atomic E-state index is 6.36. The summed E-state index contributed by atoms with van der Waals surface area (Å²) in [5.74, 6) is 1.44. The number of nitrogens with one attached hydrogen (secondary N) is 1. The molecule has 1 fully saturated rings. The van der Waals surface area contributed by atoms with Crippen LogP contribution in [0.25, 0.3) is 10.9 Å². The molecule has 0 amide bonds. The maximum Gasteiger partial charge on any atom is 0.225 e. The minimum atomic E-state index is 0.532. The Morgan fingerprint density at radius 1 is 1.29 bits per heavy atom. The third-order valence-electron chi connectivity index (χ3n) is 3.39. The van der Waals surface area contributed by atoms with E-state index in [4.69, 9.17) is 22.1 Å². The number of nitrogens with two attached hydrogens (primary N) is 1. The van der Waals surface area contributed by atoms with Crippen molar-refractivity contribution < 1.29 is 4.74 Å². The number of nitrogens with zero attached hydrogens (tertiary/aromatic N) is 3. The molecule has 0 saturated carbocycles. The van der Waals surface area contributed by atoms with E-state index in [1.807, 2.05) is 18.2 Å². The van der Waals surface area contributed by atoms with Gasteiger partial charge in [0.25, 0.3) is 0 Å². The Kier molecular flexibility index (Phi) is 4.38. The molecule has 2 aromatic rings. The van der Waals surface area contributed by atoms with Crippen LogP contribution in [0.15, 0.2) is 18.2 Å². The topological polar surface area (TPSA) is 76.3 Å². The predicted octanol–water partition coefficient (Wildman–Crippen LogP) is 1.49. The molecule has 21 heavy (non-hydrogen) atoms. The molecule has 1 aliphatic rings. The highest BCUT2D eigenvalue weighted by Gasteiger charge is 2.18. The Bertz CT molecular complexity index is 630. The molecular weight excluding hydrogens is 290 g/mol. The number of anilines is 2. The monoisotopic (exact) mass is 307 g/mol. The molecule has 0 bridgehead atoms. The lowest BCUT2D eigenvalue weighted by Crippen LogP contribution is -2.37. The SMILES string of the molecule is NCCNc1nc(N2CCOCC2)c2c(Cl)cccc2n1. The highest BCUT2D eigenvalue weighted by Crippen LogP contribution is 2.31. The van der Waals surface area contributed by atoms with Gasteiger partial charge in [0.2, 0.25) is 5.95 Å². The molecule has 1 saturated heterocycles. The van der Waals surface area contributed by atoms with Crippen molar-refractivity contribution in [2.75, 3.05) is 49.6 Å². The van der Waals surface area contributed by atoms with E-state index in [9.17, 15) is 0 Å². The first kappa shape index (κ1) is 14.3. The van der Waals surface area contributed by atoms with Crippen molar-refractivity contribution in [3.05, 3.63) is 23.2 Å². The average Bonchev–Trinajstić information content (AvgIpc) is 2.53. The maximum atomic E-state index is 6.36. The van der Waals surface area contributed by atoms with Gasteiger partial charge in [-0.25, -0.2) is 4.98 Å². The lowest BCUT2D eigenvalue weighted by molar-refractivity contribution is 0.122. The van der Waals surface area contributed by atoms with Gasteiger partial charge in [0.05, 0.1) is 29.1 Å². The molecule has 0 radical (unpaired) electrons. The Morgan fingerprint density at radius 2 is 2.10 bits per heavy atom. The molecule has 3 N–H and O–H groups in total. The van der Waals surface area contributed by atoms with Gasteiger partial charge in [-0.1, -0.05) is 17.7 Å². The number of benzene rings is 1. The van der Waals surface area contributed by atoms with E-state index >= 15 is 0 Å². The number of fused-ring (bicyclic) bond motifs is 1. The minimum Gasteiger partial charge on any atom is -0.378 e. The zero-order chi connectivity index (χ0) is 14.7. The van der Waals surface area contributed by atoms with Gasteiger partial charge in [-0.05, 0) is 12.1 Å². The molecule has 0 aliphatic carbocycles. The fourth-order valence-corrected chi connectivity index (χ4v) is 2.64. The number of morpholine rings is 1. The molecule has 0 unspecified atom stereocenters. The van der Waals surface area contributed by atoms with Gasteiger partial charge in [0, 0.05) is 26.2 Å². The summed E-state index contributed by atoms with van der Waals surface area (Å²) < 4.78 is 5.41. The van der Waals surface area contributed by atoms with Crippen molar-refractivity contribution in [1.29, 1.82) is 0 Å². The zero-order valence-electron chi connectivity index (χ0n) is 11.7. The van der Waals surface area contributed by atoms with Crippen LogP contribution < -0.4 is 16.0 Å². The van der Waals surface area contributed by atoms with Crippen LogP contribution in [0, 0.1) is 0 Å². The standard InChI is InChI=1S/C14H18ClN5O/c15-10-2-1-3-11-12(10)13(20-6-8-21-9-7-20)19-14(18-11)17-5-4-16/h1-3H,4-9,16H2,(H,17,18,19). The fourth-order valence-electron chi connectivity index (χ4n) is 2.39. The lowest BCUT2D eigenvalue weighted by Gasteiger charge is -2.29. The first-order valence-corrected chi connectivity index (χ1v) is 7.40. The van der Waals surface area contributed by atoms with E-state index in [0.717, 1.165) is 29.8 Å². The van der Waals surface area contributed by atoms with Crippen LogP contribution in [-0.4, -0.2) is 49.4 Å². The Hall–Kier alpha value is -1.63. The summed E-state index contributed by atoms with van der Waals surface area (Å²) in [6.45, 7) is 4.16. The van der Waals surface area contributed by atoms with E-state index in [1.165, 1.54) is 0 Å². The van der Waals surface area contributed by atoms with E-state index in [1.54, 1.807) is 0 Å². The number of aromatic nitrogens is 2. The molecule has 1 aromatic heterocycles. The second kappa shape index (κ2) is 6.43. The molecule has 1 aromatic carbocycles. The van der Waals surface area contributed by atoms with Crippen molar-refractivity contribution in [3.63, 3.8) is 0 Å². The molecule has 1 aliphatic heterocycles. The Morgan fingerprint density at radius 3 is 2.86 bits per heavy atom. The van der Waals surface area contributed by atoms with Crippen LogP contribution in [0.2, 0.25) is 5.02 Å². The van der Waals surface area contributed by atoms with Crippen molar-refractivity contribution >= 4 is 34.3 Å². The largest absolute Gasteiger partial charge is 0.378 e. The first-order chi connectivity index (χ1) is 10.3. The van der Waals surface area contributed by atoms with Crippen molar-refractivity contribution in [2.24, 2.45) is 5.73 Å². The van der Waals surface area contributed by atoms with E-state index in [0.29, 0.717) is 37.3 Å². The third-order valence-corrected chi connectivity index (χ3v) is 3.71. The first-order valence-electron chi connectivity index (χ1n) is 7.02. The van der Waals surface area contributed by atoms with Crippen molar-refractivity contribution in [2.45, 2.75) is 0 Å². The molecule has 2 heterocycles. The number of halogens is 1. The zero-order valence-corrected chi connectivity index (χ0v) is 12.4. The second-order valence-corrected chi connectivity index (χ2v) is 5.23. The van der Waals surface area contributed by atoms with Gasteiger partial charge >= 0.3 is 0 Å². The lowest BCUT2D eigenvalue weighted by atomic mass is 10.2. The van der Waals surface area contributed by atoms with Crippen LogP contribution >= 0.6 is 11.6 Å². The normalized spacial score (nSPS) is 15.4. The summed E-state index contributed by atoms with van der Waals surface area (Å²) in [5.41, 5.74) is 6.36. The van der Waals surface area contributed by atoms with Crippen molar-refractivity contribution in [3.8, 4) is 0 Å². The van der Waals surface area contributed by atoms with Gasteiger partial charge in [0.1, 0.15) is 5.82 Å².